The second kappa shape index (κ2) is 9.32. The molecule has 0 aromatic carbocycles. The minimum Gasteiger partial charge on any atom is -0.383 e. The zero-order valence-electron chi connectivity index (χ0n) is 16.3. The predicted octanol–water partition coefficient (Wildman–Crippen LogP) is 1.06. The molecule has 150 valence electrons. The van der Waals surface area contributed by atoms with Gasteiger partial charge < -0.3 is 19.5 Å². The van der Waals surface area contributed by atoms with E-state index >= 15 is 0 Å². The highest BCUT2D eigenvalue weighted by atomic mass is 16.5. The maximum absolute atomic E-state index is 12.6. The van der Waals surface area contributed by atoms with Crippen molar-refractivity contribution in [3.05, 3.63) is 17.5 Å². The summed E-state index contributed by atoms with van der Waals surface area (Å²) in [6.07, 6.45) is 5.37. The zero-order chi connectivity index (χ0) is 19.2. The highest BCUT2D eigenvalue weighted by molar-refractivity contribution is 5.94. The molecule has 8 nitrogen and oxygen atoms in total. The number of aryl methyl sites for hydroxylation is 1. The van der Waals surface area contributed by atoms with E-state index in [4.69, 9.17) is 9.26 Å². The number of ether oxygens (including phenoxy) is 1. The van der Waals surface area contributed by atoms with Crippen molar-refractivity contribution in [3.63, 3.8) is 0 Å². The molecule has 2 fully saturated rings. The normalized spacial score (nSPS) is 22.0. The van der Waals surface area contributed by atoms with Crippen molar-refractivity contribution < 1.29 is 18.8 Å². The van der Waals surface area contributed by atoms with Gasteiger partial charge in [-0.05, 0) is 39.2 Å². The summed E-state index contributed by atoms with van der Waals surface area (Å²) in [6, 6.07) is 0.437. The van der Waals surface area contributed by atoms with Crippen LogP contribution in [0.15, 0.2) is 10.7 Å². The van der Waals surface area contributed by atoms with Crippen molar-refractivity contribution in [2.75, 3.05) is 46.4 Å². The molecular weight excluding hydrogens is 348 g/mol. The Labute approximate surface area is 160 Å². The number of rotatable bonds is 6. The van der Waals surface area contributed by atoms with E-state index in [1.165, 1.54) is 6.20 Å². The van der Waals surface area contributed by atoms with Crippen LogP contribution in [0.2, 0.25) is 0 Å². The van der Waals surface area contributed by atoms with Gasteiger partial charge in [0.05, 0.1) is 18.7 Å². The lowest BCUT2D eigenvalue weighted by molar-refractivity contribution is -0.127. The number of piperidine rings is 2. The van der Waals surface area contributed by atoms with Crippen molar-refractivity contribution >= 4 is 11.8 Å². The van der Waals surface area contributed by atoms with E-state index < -0.39 is 0 Å². The Morgan fingerprint density at radius 1 is 1.30 bits per heavy atom. The van der Waals surface area contributed by atoms with Crippen LogP contribution in [0.3, 0.4) is 0 Å². The van der Waals surface area contributed by atoms with E-state index in [0.717, 1.165) is 51.9 Å². The average Bonchev–Trinajstić information content (AvgIpc) is 3.13. The van der Waals surface area contributed by atoms with Crippen LogP contribution in [-0.4, -0.2) is 79.3 Å². The molecule has 8 heteroatoms. The third-order valence-electron chi connectivity index (χ3n) is 5.68. The molecule has 1 aromatic rings. The van der Waals surface area contributed by atoms with Crippen LogP contribution in [0.25, 0.3) is 0 Å². The lowest BCUT2D eigenvalue weighted by Crippen LogP contribution is -2.51. The molecule has 0 saturated carbocycles. The summed E-state index contributed by atoms with van der Waals surface area (Å²) in [4.78, 5) is 29.3. The van der Waals surface area contributed by atoms with Gasteiger partial charge in [0.2, 0.25) is 5.91 Å². The SMILES string of the molecule is COCCNC(=O)C1CCCN(C2CCN(C(=O)c3cnoc3C)CC2)C1. The Balaban J connectivity index is 1.48. The summed E-state index contributed by atoms with van der Waals surface area (Å²) in [7, 11) is 1.63. The first-order valence-corrected chi connectivity index (χ1v) is 9.81. The van der Waals surface area contributed by atoms with Crippen LogP contribution in [-0.2, 0) is 9.53 Å². The predicted molar refractivity (Wildman–Crippen MR) is 99.3 cm³/mol. The van der Waals surface area contributed by atoms with E-state index in [0.29, 0.717) is 30.5 Å². The van der Waals surface area contributed by atoms with Gasteiger partial charge in [0.15, 0.2) is 0 Å². The first-order valence-electron chi connectivity index (χ1n) is 9.81. The Morgan fingerprint density at radius 2 is 2.07 bits per heavy atom. The van der Waals surface area contributed by atoms with E-state index in [2.05, 4.69) is 15.4 Å². The molecule has 2 aliphatic rings. The largest absolute Gasteiger partial charge is 0.383 e. The minimum atomic E-state index is 0.00115. The van der Waals surface area contributed by atoms with Gasteiger partial charge in [0, 0.05) is 39.3 Å². The van der Waals surface area contributed by atoms with Gasteiger partial charge in [-0.3, -0.25) is 14.5 Å². The molecule has 27 heavy (non-hydrogen) atoms. The van der Waals surface area contributed by atoms with Crippen LogP contribution < -0.4 is 5.32 Å². The highest BCUT2D eigenvalue weighted by Gasteiger charge is 2.33. The fourth-order valence-corrected chi connectivity index (χ4v) is 4.08. The smallest absolute Gasteiger partial charge is 0.259 e. The summed E-state index contributed by atoms with van der Waals surface area (Å²) in [6.45, 7) is 6.17. The van der Waals surface area contributed by atoms with Crippen LogP contribution in [0.1, 0.15) is 41.8 Å². The number of methoxy groups -OCH3 is 1. The number of hydrogen-bond acceptors (Lipinski definition) is 6. The third kappa shape index (κ3) is 4.87. The quantitative estimate of drug-likeness (QED) is 0.745. The molecule has 1 N–H and O–H groups in total. The third-order valence-corrected chi connectivity index (χ3v) is 5.68. The van der Waals surface area contributed by atoms with Crippen molar-refractivity contribution in [2.24, 2.45) is 5.92 Å². The average molecular weight is 378 g/mol. The van der Waals surface area contributed by atoms with Gasteiger partial charge in [0.1, 0.15) is 11.3 Å². The number of hydrogen-bond donors (Lipinski definition) is 1. The van der Waals surface area contributed by atoms with Crippen LogP contribution >= 0.6 is 0 Å². The molecule has 1 unspecified atom stereocenters. The number of carbonyl (C=O) groups excluding carboxylic acids is 2. The van der Waals surface area contributed by atoms with Gasteiger partial charge in [-0.1, -0.05) is 5.16 Å². The molecule has 0 aliphatic carbocycles. The molecule has 2 aliphatic heterocycles. The van der Waals surface area contributed by atoms with Crippen molar-refractivity contribution in [1.82, 2.24) is 20.3 Å². The van der Waals surface area contributed by atoms with E-state index in [1.807, 2.05) is 4.90 Å². The molecule has 0 bridgehead atoms. The summed E-state index contributed by atoms with van der Waals surface area (Å²) in [5.41, 5.74) is 0.555. The van der Waals surface area contributed by atoms with Crippen LogP contribution in [0, 0.1) is 12.8 Å². The molecule has 3 rings (SSSR count). The number of carbonyl (C=O) groups is 2. The molecule has 2 amide bonds. The van der Waals surface area contributed by atoms with Gasteiger partial charge >= 0.3 is 0 Å². The monoisotopic (exact) mass is 378 g/mol. The zero-order valence-corrected chi connectivity index (χ0v) is 16.3. The molecule has 3 heterocycles. The molecule has 1 atom stereocenters. The second-order valence-corrected chi connectivity index (χ2v) is 7.44. The Morgan fingerprint density at radius 3 is 2.74 bits per heavy atom. The first kappa shape index (κ1) is 19.8. The van der Waals surface area contributed by atoms with Crippen molar-refractivity contribution in [1.29, 1.82) is 0 Å². The van der Waals surface area contributed by atoms with E-state index in [9.17, 15) is 9.59 Å². The Hall–Kier alpha value is -1.93. The topological polar surface area (TPSA) is 87.9 Å². The lowest BCUT2D eigenvalue weighted by atomic mass is 9.93. The van der Waals surface area contributed by atoms with Gasteiger partial charge in [-0.15, -0.1) is 0 Å². The van der Waals surface area contributed by atoms with Gasteiger partial charge in [-0.25, -0.2) is 0 Å². The maximum Gasteiger partial charge on any atom is 0.259 e. The van der Waals surface area contributed by atoms with Crippen LogP contribution in [0.4, 0.5) is 0 Å². The first-order chi connectivity index (χ1) is 13.1. The summed E-state index contributed by atoms with van der Waals surface area (Å²) in [5.74, 6) is 0.754. The van der Waals surface area contributed by atoms with Crippen molar-refractivity contribution in [2.45, 2.75) is 38.6 Å². The fraction of sp³-hybridized carbons (Fsp3) is 0.737. The molecule has 2 saturated heterocycles. The van der Waals surface area contributed by atoms with E-state index in [-0.39, 0.29) is 17.7 Å². The van der Waals surface area contributed by atoms with Gasteiger partial charge in [0.25, 0.3) is 5.91 Å². The standard InChI is InChI=1S/C19H30N4O4/c1-14-17(12-21-27-14)19(25)22-9-5-16(6-10-22)23-8-3-4-15(13-23)18(24)20-7-11-26-2/h12,15-16H,3-11,13H2,1-2H3,(H,20,24). The molecule has 0 radical (unpaired) electrons. The summed E-state index contributed by atoms with van der Waals surface area (Å²) >= 11 is 0. The number of nitrogens with one attached hydrogen (secondary N) is 1. The molecule has 1 aromatic heterocycles. The maximum atomic E-state index is 12.6. The molecule has 0 spiro atoms. The Bertz CT molecular complexity index is 639. The summed E-state index contributed by atoms with van der Waals surface area (Å²) < 4.78 is 10.0. The van der Waals surface area contributed by atoms with Gasteiger partial charge in [-0.2, -0.15) is 0 Å². The highest BCUT2D eigenvalue weighted by Crippen LogP contribution is 2.25. The summed E-state index contributed by atoms with van der Waals surface area (Å²) in [5, 5.41) is 6.66. The number of nitrogens with zero attached hydrogens (tertiary/aromatic N) is 3. The minimum absolute atomic E-state index is 0.00115. The van der Waals surface area contributed by atoms with Crippen LogP contribution in [0.5, 0.6) is 0 Å². The number of likely N-dealkylation sites (tertiary alicyclic amines) is 2. The second-order valence-electron chi connectivity index (χ2n) is 7.44. The number of aromatic nitrogens is 1. The molecular formula is C19H30N4O4. The fourth-order valence-electron chi connectivity index (χ4n) is 4.08. The number of amides is 2. The Kier molecular flexibility index (Phi) is 6.84. The van der Waals surface area contributed by atoms with Crippen molar-refractivity contribution in [3.8, 4) is 0 Å². The lowest BCUT2D eigenvalue weighted by Gasteiger charge is -2.42. The van der Waals surface area contributed by atoms with E-state index in [1.54, 1.807) is 14.0 Å².